The van der Waals surface area contributed by atoms with Gasteiger partial charge in [-0.2, -0.15) is 5.26 Å². The fourth-order valence-electron chi connectivity index (χ4n) is 0.568. The van der Waals surface area contributed by atoms with Crippen LogP contribution in [0.25, 0.3) is 0 Å². The fraction of sp³-hybridized carbons (Fsp3) is 0.333. The molecule has 9 heavy (non-hydrogen) atoms. The molecule has 0 amide bonds. The van der Waals surface area contributed by atoms with E-state index in [0.717, 1.165) is 11.3 Å². The maximum Gasteiger partial charge on any atom is 0.128 e. The number of aromatic nitrogens is 1. The first-order valence-corrected chi connectivity index (χ1v) is 2.61. The second kappa shape index (κ2) is 2.31. The first-order valence-electron chi connectivity index (χ1n) is 2.61. The van der Waals surface area contributed by atoms with Crippen LogP contribution in [0.15, 0.2) is 10.8 Å². The Bertz CT molecular complexity index is 233. The molecule has 1 heterocycles. The standard InChI is InChI=1S/C6H6N2O/c1-5-6(2-3-7)4-9-8-5/h4H,2H2,1H3. The largest absolute Gasteiger partial charge is 0.364 e. The number of nitrogens with zero attached hydrogens (tertiary/aromatic N) is 2. The van der Waals surface area contributed by atoms with E-state index < -0.39 is 0 Å². The average Bonchev–Trinajstić information content (AvgIpc) is 2.18. The van der Waals surface area contributed by atoms with Gasteiger partial charge in [0.05, 0.1) is 18.2 Å². The van der Waals surface area contributed by atoms with E-state index in [9.17, 15) is 0 Å². The molecular weight excluding hydrogens is 116 g/mol. The lowest BCUT2D eigenvalue weighted by Crippen LogP contribution is -1.80. The van der Waals surface area contributed by atoms with Crippen LogP contribution in [0.1, 0.15) is 11.3 Å². The van der Waals surface area contributed by atoms with E-state index in [-0.39, 0.29) is 0 Å². The molecular formula is C6H6N2O. The highest BCUT2D eigenvalue weighted by Gasteiger charge is 1.99. The van der Waals surface area contributed by atoms with Gasteiger partial charge in [-0.05, 0) is 6.92 Å². The minimum absolute atomic E-state index is 0.384. The summed E-state index contributed by atoms with van der Waals surface area (Å²) in [5.74, 6) is 0. The topological polar surface area (TPSA) is 49.8 Å². The van der Waals surface area contributed by atoms with Gasteiger partial charge in [0, 0.05) is 5.56 Å². The smallest absolute Gasteiger partial charge is 0.128 e. The van der Waals surface area contributed by atoms with Gasteiger partial charge in [-0.1, -0.05) is 5.16 Å². The molecule has 1 rings (SSSR count). The lowest BCUT2D eigenvalue weighted by Gasteiger charge is -1.81. The van der Waals surface area contributed by atoms with Crippen molar-refractivity contribution in [3.8, 4) is 6.07 Å². The predicted molar refractivity (Wildman–Crippen MR) is 30.6 cm³/mol. The van der Waals surface area contributed by atoms with Crippen molar-refractivity contribution in [1.82, 2.24) is 5.16 Å². The SMILES string of the molecule is Cc1nocc1CC#N. The number of rotatable bonds is 1. The van der Waals surface area contributed by atoms with Gasteiger partial charge in [0.15, 0.2) is 0 Å². The van der Waals surface area contributed by atoms with Gasteiger partial charge in [-0.25, -0.2) is 0 Å². The highest BCUT2D eigenvalue weighted by atomic mass is 16.5. The minimum Gasteiger partial charge on any atom is -0.364 e. The van der Waals surface area contributed by atoms with Crippen LogP contribution < -0.4 is 0 Å². The van der Waals surface area contributed by atoms with Gasteiger partial charge in [-0.3, -0.25) is 0 Å². The van der Waals surface area contributed by atoms with E-state index in [0.29, 0.717) is 6.42 Å². The van der Waals surface area contributed by atoms with Gasteiger partial charge >= 0.3 is 0 Å². The molecule has 0 aromatic carbocycles. The summed E-state index contributed by atoms with van der Waals surface area (Å²) in [4.78, 5) is 0. The summed E-state index contributed by atoms with van der Waals surface area (Å²) in [6.45, 7) is 1.82. The van der Waals surface area contributed by atoms with Crippen molar-refractivity contribution >= 4 is 0 Å². The van der Waals surface area contributed by atoms with E-state index in [2.05, 4.69) is 9.68 Å². The molecule has 0 spiro atoms. The Labute approximate surface area is 52.9 Å². The number of hydrogen-bond acceptors (Lipinski definition) is 3. The van der Waals surface area contributed by atoms with Crippen molar-refractivity contribution in [1.29, 1.82) is 5.26 Å². The molecule has 1 aromatic heterocycles. The zero-order valence-electron chi connectivity index (χ0n) is 5.09. The third-order valence-corrected chi connectivity index (χ3v) is 1.12. The number of nitriles is 1. The van der Waals surface area contributed by atoms with Gasteiger partial charge in [0.2, 0.25) is 0 Å². The van der Waals surface area contributed by atoms with E-state index in [1.807, 2.05) is 13.0 Å². The molecule has 0 aliphatic heterocycles. The summed E-state index contributed by atoms with van der Waals surface area (Å²) in [5, 5.41) is 11.9. The van der Waals surface area contributed by atoms with Crippen LogP contribution in [-0.4, -0.2) is 5.16 Å². The quantitative estimate of drug-likeness (QED) is 0.559. The van der Waals surface area contributed by atoms with Crippen LogP contribution in [0.5, 0.6) is 0 Å². The molecule has 0 N–H and O–H groups in total. The molecule has 0 radical (unpaired) electrons. The molecule has 0 saturated carbocycles. The number of aryl methyl sites for hydroxylation is 1. The fourth-order valence-corrected chi connectivity index (χ4v) is 0.568. The van der Waals surface area contributed by atoms with Crippen LogP contribution in [0.3, 0.4) is 0 Å². The third-order valence-electron chi connectivity index (χ3n) is 1.12. The van der Waals surface area contributed by atoms with E-state index >= 15 is 0 Å². The predicted octanol–water partition coefficient (Wildman–Crippen LogP) is 1.05. The van der Waals surface area contributed by atoms with Crippen LogP contribution >= 0.6 is 0 Å². The van der Waals surface area contributed by atoms with Gasteiger partial charge < -0.3 is 4.52 Å². The molecule has 0 unspecified atom stereocenters. The molecule has 0 aliphatic carbocycles. The normalized spacial score (nSPS) is 8.89. The van der Waals surface area contributed by atoms with Crippen molar-refractivity contribution in [2.75, 3.05) is 0 Å². The van der Waals surface area contributed by atoms with Crippen LogP contribution in [-0.2, 0) is 6.42 Å². The van der Waals surface area contributed by atoms with Crippen molar-refractivity contribution in [2.45, 2.75) is 13.3 Å². The van der Waals surface area contributed by atoms with E-state index in [1.54, 1.807) is 0 Å². The zero-order chi connectivity index (χ0) is 6.69. The number of hydrogen-bond donors (Lipinski definition) is 0. The Kier molecular flexibility index (Phi) is 1.50. The molecule has 0 fully saturated rings. The highest BCUT2D eigenvalue weighted by Crippen LogP contribution is 2.03. The lowest BCUT2D eigenvalue weighted by atomic mass is 10.2. The third kappa shape index (κ3) is 1.08. The monoisotopic (exact) mass is 122 g/mol. The Morgan fingerprint density at radius 2 is 2.67 bits per heavy atom. The van der Waals surface area contributed by atoms with Crippen molar-refractivity contribution in [3.63, 3.8) is 0 Å². The first kappa shape index (κ1) is 5.83. The molecule has 3 heteroatoms. The second-order valence-corrected chi connectivity index (χ2v) is 1.76. The molecule has 0 atom stereocenters. The van der Waals surface area contributed by atoms with Crippen molar-refractivity contribution in [2.24, 2.45) is 0 Å². The lowest BCUT2D eigenvalue weighted by molar-refractivity contribution is 0.414. The molecule has 0 aliphatic rings. The highest BCUT2D eigenvalue weighted by molar-refractivity contribution is 5.16. The minimum atomic E-state index is 0.384. The summed E-state index contributed by atoms with van der Waals surface area (Å²) in [5.41, 5.74) is 1.68. The maximum atomic E-state index is 8.24. The molecule has 46 valence electrons. The Morgan fingerprint density at radius 1 is 1.89 bits per heavy atom. The van der Waals surface area contributed by atoms with Crippen LogP contribution in [0.4, 0.5) is 0 Å². The first-order chi connectivity index (χ1) is 4.34. The van der Waals surface area contributed by atoms with Crippen molar-refractivity contribution in [3.05, 3.63) is 17.5 Å². The Morgan fingerprint density at radius 3 is 3.11 bits per heavy atom. The maximum absolute atomic E-state index is 8.24. The summed E-state index contributed by atoms with van der Waals surface area (Å²) in [6, 6.07) is 2.01. The van der Waals surface area contributed by atoms with Gasteiger partial charge in [0.1, 0.15) is 6.26 Å². The summed E-state index contributed by atoms with van der Waals surface area (Å²) in [7, 11) is 0. The van der Waals surface area contributed by atoms with Crippen LogP contribution in [0, 0.1) is 18.3 Å². The van der Waals surface area contributed by atoms with Gasteiger partial charge in [0.25, 0.3) is 0 Å². The molecule has 3 nitrogen and oxygen atoms in total. The Balaban J connectivity index is 2.84. The summed E-state index contributed by atoms with van der Waals surface area (Å²) < 4.78 is 4.60. The van der Waals surface area contributed by atoms with Gasteiger partial charge in [-0.15, -0.1) is 0 Å². The molecule has 0 saturated heterocycles. The average molecular weight is 122 g/mol. The van der Waals surface area contributed by atoms with E-state index in [1.165, 1.54) is 6.26 Å². The Hall–Kier alpha value is -1.30. The summed E-state index contributed by atoms with van der Waals surface area (Å²) >= 11 is 0. The van der Waals surface area contributed by atoms with E-state index in [4.69, 9.17) is 5.26 Å². The van der Waals surface area contributed by atoms with Crippen molar-refractivity contribution < 1.29 is 4.52 Å². The molecule has 1 aromatic rings. The zero-order valence-corrected chi connectivity index (χ0v) is 5.09. The second-order valence-electron chi connectivity index (χ2n) is 1.76. The van der Waals surface area contributed by atoms with Crippen LogP contribution in [0.2, 0.25) is 0 Å². The molecule has 0 bridgehead atoms. The summed E-state index contributed by atoms with van der Waals surface area (Å²) in [6.07, 6.45) is 1.88.